The van der Waals surface area contributed by atoms with Gasteiger partial charge >= 0.3 is 0 Å². The van der Waals surface area contributed by atoms with Crippen LogP contribution in [0.25, 0.3) is 0 Å². The van der Waals surface area contributed by atoms with Gasteiger partial charge in [0.25, 0.3) is 0 Å². The molecule has 4 fully saturated rings. The fraction of sp³-hybridized carbons (Fsp3) is 0.905. The molecule has 0 spiro atoms. The van der Waals surface area contributed by atoms with Crippen LogP contribution in [0.1, 0.15) is 57.8 Å². The number of fused-ring (bicyclic) bond motifs is 9. The van der Waals surface area contributed by atoms with E-state index in [1.54, 1.807) is 19.3 Å². The average molecular weight is 300 g/mol. The van der Waals surface area contributed by atoms with Crippen molar-refractivity contribution in [2.24, 2.45) is 47.3 Å². The molecule has 0 N–H and O–H groups in total. The van der Waals surface area contributed by atoms with Gasteiger partial charge in [-0.1, -0.05) is 37.8 Å². The van der Waals surface area contributed by atoms with Crippen LogP contribution in [0, 0.1) is 47.3 Å². The van der Waals surface area contributed by atoms with Crippen LogP contribution in [0.4, 0.5) is 0 Å². The van der Waals surface area contributed by atoms with Crippen LogP contribution < -0.4 is 0 Å². The van der Waals surface area contributed by atoms with Gasteiger partial charge in [-0.2, -0.15) is 0 Å². The molecule has 4 aliphatic carbocycles. The monoisotopic (exact) mass is 300 g/mol. The van der Waals surface area contributed by atoms with Crippen LogP contribution in [0.3, 0.4) is 0 Å². The predicted octanol–water partition coefficient (Wildman–Crippen LogP) is 5.07. The molecule has 1 aliphatic heterocycles. The van der Waals surface area contributed by atoms with Crippen molar-refractivity contribution in [1.82, 2.24) is 0 Å². The highest BCUT2D eigenvalue weighted by molar-refractivity contribution is 5.20. The number of ether oxygens (including phenoxy) is 1. The van der Waals surface area contributed by atoms with Gasteiger partial charge in [-0.25, -0.2) is 0 Å². The Kier molecular flexibility index (Phi) is 3.62. The highest BCUT2D eigenvalue weighted by Gasteiger charge is 2.60. The van der Waals surface area contributed by atoms with E-state index in [4.69, 9.17) is 4.74 Å². The van der Waals surface area contributed by atoms with E-state index < -0.39 is 0 Å². The molecular weight excluding hydrogens is 268 g/mol. The molecule has 0 aromatic carbocycles. The molecule has 1 nitrogen and oxygen atoms in total. The smallest absolute Gasteiger partial charge is 0.0495 e. The van der Waals surface area contributed by atoms with E-state index >= 15 is 0 Å². The minimum atomic E-state index is 0.893. The number of hydrogen-bond donors (Lipinski definition) is 0. The summed E-state index contributed by atoms with van der Waals surface area (Å²) in [6.45, 7) is 2.07. The van der Waals surface area contributed by atoms with Gasteiger partial charge in [-0.05, 0) is 79.4 Å². The summed E-state index contributed by atoms with van der Waals surface area (Å²) in [7, 11) is 0. The van der Waals surface area contributed by atoms with Gasteiger partial charge in [0.2, 0.25) is 0 Å². The second kappa shape index (κ2) is 5.65. The topological polar surface area (TPSA) is 9.23 Å². The Balaban J connectivity index is 1.08. The highest BCUT2D eigenvalue weighted by Crippen LogP contribution is 2.67. The van der Waals surface area contributed by atoms with Crippen LogP contribution >= 0.6 is 0 Å². The largest absolute Gasteiger partial charge is 0.381 e. The van der Waals surface area contributed by atoms with Crippen LogP contribution in [0.2, 0.25) is 0 Å². The van der Waals surface area contributed by atoms with Crippen molar-refractivity contribution < 1.29 is 4.74 Å². The molecule has 8 unspecified atom stereocenters. The van der Waals surface area contributed by atoms with Crippen molar-refractivity contribution in [2.75, 3.05) is 13.2 Å². The van der Waals surface area contributed by atoms with Crippen LogP contribution in [0.15, 0.2) is 12.2 Å². The molecule has 1 heteroatoms. The van der Waals surface area contributed by atoms with Crippen molar-refractivity contribution in [1.29, 1.82) is 0 Å². The Hall–Kier alpha value is -0.300. The van der Waals surface area contributed by atoms with Gasteiger partial charge in [0, 0.05) is 13.2 Å². The lowest BCUT2D eigenvalue weighted by molar-refractivity contribution is 0.142. The summed E-state index contributed by atoms with van der Waals surface area (Å²) in [5.41, 5.74) is 0. The second-order valence-electron chi connectivity index (χ2n) is 9.13. The summed E-state index contributed by atoms with van der Waals surface area (Å²) in [4.78, 5) is 0. The quantitative estimate of drug-likeness (QED) is 0.378. The molecule has 0 aromatic rings. The van der Waals surface area contributed by atoms with E-state index in [0.717, 1.165) is 60.6 Å². The lowest BCUT2D eigenvalue weighted by Gasteiger charge is -2.36. The summed E-state index contributed by atoms with van der Waals surface area (Å²) in [5, 5.41) is 0. The molecule has 4 bridgehead atoms. The van der Waals surface area contributed by atoms with Gasteiger partial charge in [0.15, 0.2) is 0 Å². The molecule has 1 saturated heterocycles. The molecular formula is C21H32O. The first-order chi connectivity index (χ1) is 10.9. The SMILES string of the molecule is C1=CC2CC1C1C3CC(CCCCCC4CCOC4)C(C3)C21. The lowest BCUT2D eigenvalue weighted by Crippen LogP contribution is -2.30. The standard InChI is InChI=1S/C21H32O/c1(2-4-14-8-9-22-13-14)3-5-15-10-18-12-19(15)21-17-7-6-16(11-17)20(18)21/h6-7,14-21H,1-5,8-13H2. The Morgan fingerprint density at radius 3 is 2.59 bits per heavy atom. The van der Waals surface area contributed by atoms with Crippen LogP contribution in [-0.4, -0.2) is 13.2 Å². The summed E-state index contributed by atoms with van der Waals surface area (Å²) in [6.07, 6.45) is 18.6. The summed E-state index contributed by atoms with van der Waals surface area (Å²) in [6, 6.07) is 0. The first-order valence-electron chi connectivity index (χ1n) is 10.2. The summed E-state index contributed by atoms with van der Waals surface area (Å²) in [5.74, 6) is 8.48. The molecule has 0 aromatic heterocycles. The van der Waals surface area contributed by atoms with E-state index in [0.29, 0.717) is 0 Å². The highest BCUT2D eigenvalue weighted by atomic mass is 16.5. The Bertz CT molecular complexity index is 435. The zero-order valence-corrected chi connectivity index (χ0v) is 14.0. The summed E-state index contributed by atoms with van der Waals surface area (Å²) >= 11 is 0. The molecule has 122 valence electrons. The molecule has 5 rings (SSSR count). The minimum absolute atomic E-state index is 0.893. The lowest BCUT2D eigenvalue weighted by atomic mass is 9.68. The van der Waals surface area contributed by atoms with Gasteiger partial charge in [-0.3, -0.25) is 0 Å². The zero-order valence-electron chi connectivity index (χ0n) is 14.0. The molecule has 0 amide bonds. The van der Waals surface area contributed by atoms with E-state index in [2.05, 4.69) is 12.2 Å². The van der Waals surface area contributed by atoms with E-state index in [1.807, 2.05) is 0 Å². The molecule has 3 saturated carbocycles. The van der Waals surface area contributed by atoms with Crippen LogP contribution in [0.5, 0.6) is 0 Å². The van der Waals surface area contributed by atoms with Crippen molar-refractivity contribution in [3.8, 4) is 0 Å². The van der Waals surface area contributed by atoms with E-state index in [9.17, 15) is 0 Å². The fourth-order valence-electron chi connectivity index (χ4n) is 7.31. The molecule has 5 aliphatic rings. The number of hydrogen-bond acceptors (Lipinski definition) is 1. The third-order valence-electron chi connectivity index (χ3n) is 8.12. The Morgan fingerprint density at radius 1 is 0.864 bits per heavy atom. The Labute approximate surface area is 135 Å². The molecule has 8 atom stereocenters. The third-order valence-corrected chi connectivity index (χ3v) is 8.12. The maximum atomic E-state index is 5.49. The number of unbranched alkanes of at least 4 members (excludes halogenated alkanes) is 2. The van der Waals surface area contributed by atoms with Gasteiger partial charge < -0.3 is 4.74 Å². The normalized spacial score (nSPS) is 51.1. The average Bonchev–Trinajstić information content (AvgIpc) is 3.30. The molecule has 1 heterocycles. The van der Waals surface area contributed by atoms with Gasteiger partial charge in [0.05, 0.1) is 0 Å². The first-order valence-corrected chi connectivity index (χ1v) is 10.2. The fourth-order valence-corrected chi connectivity index (χ4v) is 7.31. The van der Waals surface area contributed by atoms with E-state index in [-0.39, 0.29) is 0 Å². The number of allylic oxidation sites excluding steroid dienone is 2. The minimum Gasteiger partial charge on any atom is -0.381 e. The van der Waals surface area contributed by atoms with Crippen molar-refractivity contribution in [3.05, 3.63) is 12.2 Å². The van der Waals surface area contributed by atoms with Crippen molar-refractivity contribution in [3.63, 3.8) is 0 Å². The van der Waals surface area contributed by atoms with Crippen LogP contribution in [-0.2, 0) is 4.74 Å². The van der Waals surface area contributed by atoms with Crippen molar-refractivity contribution >= 4 is 0 Å². The van der Waals surface area contributed by atoms with E-state index in [1.165, 1.54) is 38.5 Å². The first kappa shape index (κ1) is 14.1. The second-order valence-corrected chi connectivity index (χ2v) is 9.13. The van der Waals surface area contributed by atoms with Gasteiger partial charge in [0.1, 0.15) is 0 Å². The van der Waals surface area contributed by atoms with Crippen molar-refractivity contribution in [2.45, 2.75) is 57.8 Å². The Morgan fingerprint density at radius 2 is 1.73 bits per heavy atom. The predicted molar refractivity (Wildman–Crippen MR) is 89.4 cm³/mol. The zero-order chi connectivity index (χ0) is 14.5. The third kappa shape index (κ3) is 2.22. The molecule has 22 heavy (non-hydrogen) atoms. The summed E-state index contributed by atoms with van der Waals surface area (Å²) < 4.78 is 5.49. The number of rotatable bonds is 6. The van der Waals surface area contributed by atoms with Gasteiger partial charge in [-0.15, -0.1) is 0 Å². The maximum Gasteiger partial charge on any atom is 0.0495 e. The molecule has 0 radical (unpaired) electrons. The maximum absolute atomic E-state index is 5.49.